The van der Waals surface area contributed by atoms with E-state index in [4.69, 9.17) is 10.8 Å². The van der Waals surface area contributed by atoms with Gasteiger partial charge in [0.2, 0.25) is 0 Å². The summed E-state index contributed by atoms with van der Waals surface area (Å²) >= 11 is 0. The molecule has 0 aliphatic heterocycles. The quantitative estimate of drug-likeness (QED) is 0.533. The summed E-state index contributed by atoms with van der Waals surface area (Å²) in [5, 5.41) is 20.7. The lowest BCUT2D eigenvalue weighted by atomic mass is 10.1. The van der Waals surface area contributed by atoms with Gasteiger partial charge in [-0.2, -0.15) is 0 Å². The highest BCUT2D eigenvalue weighted by Crippen LogP contribution is 2.02. The first-order chi connectivity index (χ1) is 7.44. The molecule has 0 aliphatic carbocycles. The normalized spacial score (nSPS) is 14.2. The minimum absolute atomic E-state index is 0.0472. The highest BCUT2D eigenvalue weighted by molar-refractivity contribution is 5.92. The van der Waals surface area contributed by atoms with E-state index in [1.54, 1.807) is 6.07 Å². The number of aliphatic hydroxyl groups excluding tert-OH is 1. The zero-order chi connectivity index (χ0) is 12.2. The van der Waals surface area contributed by atoms with E-state index >= 15 is 0 Å². The largest absolute Gasteiger partial charge is 0.397 e. The van der Waals surface area contributed by atoms with Crippen molar-refractivity contribution in [1.29, 1.82) is 0 Å². The van der Waals surface area contributed by atoms with Crippen LogP contribution in [0.5, 0.6) is 0 Å². The van der Waals surface area contributed by atoms with Gasteiger partial charge in [0.05, 0.1) is 18.5 Å². The molecule has 6 nitrogen and oxygen atoms in total. The van der Waals surface area contributed by atoms with Crippen LogP contribution in [0.3, 0.4) is 0 Å². The summed E-state index contributed by atoms with van der Waals surface area (Å²) in [4.78, 5) is 15.3. The Balaban J connectivity index is 2.56. The Morgan fingerprint density at radius 1 is 1.62 bits per heavy atom. The summed E-state index contributed by atoms with van der Waals surface area (Å²) < 4.78 is 0. The van der Waals surface area contributed by atoms with Crippen LogP contribution in [-0.2, 0) is 0 Å². The summed E-state index contributed by atoms with van der Waals surface area (Å²) in [6.45, 7) is 0.945. The number of anilines is 1. The minimum Gasteiger partial charge on any atom is -0.397 e. The third kappa shape index (κ3) is 3.48. The second-order valence-electron chi connectivity index (χ2n) is 3.81. The fraction of sp³-hybridized carbons (Fsp3) is 0.400. The van der Waals surface area contributed by atoms with E-state index in [1.165, 1.54) is 19.2 Å². The molecule has 1 aromatic rings. The smallest absolute Gasteiger partial charge is 0.269 e. The van der Waals surface area contributed by atoms with Gasteiger partial charge in [-0.05, 0) is 19.1 Å². The molecule has 16 heavy (non-hydrogen) atoms. The molecule has 1 atom stereocenters. The van der Waals surface area contributed by atoms with Crippen LogP contribution in [0, 0.1) is 0 Å². The SMILES string of the molecule is CC(O)(CO)CNC(=O)c1ccc(N)cn1. The van der Waals surface area contributed by atoms with Crippen LogP contribution in [0.2, 0.25) is 0 Å². The lowest BCUT2D eigenvalue weighted by Gasteiger charge is -2.20. The lowest BCUT2D eigenvalue weighted by Crippen LogP contribution is -2.43. The summed E-state index contributed by atoms with van der Waals surface area (Å²) in [5.74, 6) is -0.422. The number of hydrogen-bond donors (Lipinski definition) is 4. The van der Waals surface area contributed by atoms with Gasteiger partial charge in [0.25, 0.3) is 5.91 Å². The Morgan fingerprint density at radius 2 is 2.31 bits per heavy atom. The molecule has 0 bridgehead atoms. The van der Waals surface area contributed by atoms with Crippen LogP contribution in [0.1, 0.15) is 17.4 Å². The topological polar surface area (TPSA) is 108 Å². The van der Waals surface area contributed by atoms with Gasteiger partial charge < -0.3 is 21.3 Å². The van der Waals surface area contributed by atoms with Gasteiger partial charge in [0.15, 0.2) is 0 Å². The minimum atomic E-state index is -1.33. The molecule has 0 saturated carbocycles. The molecule has 0 aromatic carbocycles. The van der Waals surface area contributed by atoms with Crippen LogP contribution in [-0.4, -0.2) is 39.9 Å². The number of pyridine rings is 1. The predicted molar refractivity (Wildman–Crippen MR) is 58.7 cm³/mol. The van der Waals surface area contributed by atoms with Crippen LogP contribution < -0.4 is 11.1 Å². The van der Waals surface area contributed by atoms with Crippen molar-refractivity contribution in [3.05, 3.63) is 24.0 Å². The van der Waals surface area contributed by atoms with E-state index in [0.717, 1.165) is 0 Å². The number of rotatable bonds is 4. The molecule has 0 radical (unpaired) electrons. The number of nitrogen functional groups attached to an aromatic ring is 1. The van der Waals surface area contributed by atoms with Crippen LogP contribution >= 0.6 is 0 Å². The molecule has 1 heterocycles. The van der Waals surface area contributed by atoms with Crippen LogP contribution in [0.25, 0.3) is 0 Å². The molecular formula is C10H15N3O3. The number of aliphatic hydroxyl groups is 2. The number of aromatic nitrogens is 1. The number of nitrogens with zero attached hydrogens (tertiary/aromatic N) is 1. The first-order valence-electron chi connectivity index (χ1n) is 4.77. The van der Waals surface area contributed by atoms with Crippen molar-refractivity contribution in [3.63, 3.8) is 0 Å². The Kier molecular flexibility index (Phi) is 3.81. The van der Waals surface area contributed by atoms with E-state index in [1.807, 2.05) is 0 Å². The van der Waals surface area contributed by atoms with Crippen molar-refractivity contribution in [1.82, 2.24) is 10.3 Å². The summed E-state index contributed by atoms with van der Waals surface area (Å²) in [5.41, 5.74) is 4.78. The van der Waals surface area contributed by atoms with Gasteiger partial charge in [-0.15, -0.1) is 0 Å². The number of carbonyl (C=O) groups excluding carboxylic acids is 1. The average Bonchev–Trinajstić information content (AvgIpc) is 2.27. The predicted octanol–water partition coefficient (Wildman–Crippen LogP) is -0.863. The molecule has 5 N–H and O–H groups in total. The Morgan fingerprint density at radius 3 is 2.81 bits per heavy atom. The standard InChI is InChI=1S/C10H15N3O3/c1-10(16,6-14)5-13-9(15)8-3-2-7(11)4-12-8/h2-4,14,16H,5-6,11H2,1H3,(H,13,15). The number of nitrogens with one attached hydrogen (secondary N) is 1. The molecule has 0 spiro atoms. The average molecular weight is 225 g/mol. The molecule has 1 amide bonds. The molecule has 1 rings (SSSR count). The highest BCUT2D eigenvalue weighted by atomic mass is 16.3. The zero-order valence-electron chi connectivity index (χ0n) is 8.97. The van der Waals surface area contributed by atoms with Crippen LogP contribution in [0.4, 0.5) is 5.69 Å². The second-order valence-corrected chi connectivity index (χ2v) is 3.81. The fourth-order valence-electron chi connectivity index (χ4n) is 0.957. The second kappa shape index (κ2) is 4.91. The van der Waals surface area contributed by atoms with Crippen molar-refractivity contribution in [2.75, 3.05) is 18.9 Å². The van der Waals surface area contributed by atoms with Crippen molar-refractivity contribution < 1.29 is 15.0 Å². The molecule has 0 fully saturated rings. The first kappa shape index (κ1) is 12.4. The van der Waals surface area contributed by atoms with Crippen molar-refractivity contribution in [2.45, 2.75) is 12.5 Å². The fourth-order valence-corrected chi connectivity index (χ4v) is 0.957. The molecule has 1 aromatic heterocycles. The highest BCUT2D eigenvalue weighted by Gasteiger charge is 2.20. The summed E-state index contributed by atoms with van der Waals surface area (Å²) in [6, 6.07) is 3.05. The molecular weight excluding hydrogens is 210 g/mol. The van der Waals surface area contributed by atoms with Crippen molar-refractivity contribution >= 4 is 11.6 Å². The van der Waals surface area contributed by atoms with Crippen molar-refractivity contribution in [2.24, 2.45) is 0 Å². The number of amides is 1. The Bertz CT molecular complexity index is 362. The molecule has 88 valence electrons. The maximum atomic E-state index is 11.5. The van der Waals surface area contributed by atoms with Gasteiger partial charge in [-0.3, -0.25) is 4.79 Å². The summed E-state index contributed by atoms with van der Waals surface area (Å²) in [6.07, 6.45) is 1.37. The van der Waals surface area contributed by atoms with E-state index < -0.39 is 18.1 Å². The molecule has 1 unspecified atom stereocenters. The zero-order valence-corrected chi connectivity index (χ0v) is 8.97. The maximum absolute atomic E-state index is 11.5. The number of carbonyl (C=O) groups is 1. The van der Waals surface area contributed by atoms with Gasteiger partial charge in [-0.25, -0.2) is 4.98 Å². The molecule has 0 aliphatic rings. The van der Waals surface area contributed by atoms with Crippen molar-refractivity contribution in [3.8, 4) is 0 Å². The van der Waals surface area contributed by atoms with Gasteiger partial charge in [0, 0.05) is 6.54 Å². The van der Waals surface area contributed by atoms with Crippen LogP contribution in [0.15, 0.2) is 18.3 Å². The number of nitrogens with two attached hydrogens (primary N) is 1. The first-order valence-corrected chi connectivity index (χ1v) is 4.77. The van der Waals surface area contributed by atoms with E-state index in [2.05, 4.69) is 10.3 Å². The van der Waals surface area contributed by atoms with Gasteiger partial charge in [0.1, 0.15) is 11.3 Å². The molecule has 0 saturated heterocycles. The van der Waals surface area contributed by atoms with E-state index in [9.17, 15) is 9.90 Å². The monoisotopic (exact) mass is 225 g/mol. The maximum Gasteiger partial charge on any atom is 0.269 e. The summed E-state index contributed by atoms with van der Waals surface area (Å²) in [7, 11) is 0. The van der Waals surface area contributed by atoms with Gasteiger partial charge >= 0.3 is 0 Å². The third-order valence-corrected chi connectivity index (χ3v) is 1.99. The lowest BCUT2D eigenvalue weighted by molar-refractivity contribution is 0.00316. The molecule has 6 heteroatoms. The Labute approximate surface area is 93.1 Å². The van der Waals surface area contributed by atoms with E-state index in [0.29, 0.717) is 5.69 Å². The number of hydrogen-bond acceptors (Lipinski definition) is 5. The third-order valence-electron chi connectivity index (χ3n) is 1.99. The van der Waals surface area contributed by atoms with E-state index in [-0.39, 0.29) is 12.2 Å². The van der Waals surface area contributed by atoms with Gasteiger partial charge in [-0.1, -0.05) is 0 Å². The Hall–Kier alpha value is -1.66.